The van der Waals surface area contributed by atoms with Crippen molar-refractivity contribution in [1.82, 2.24) is 9.97 Å². The first-order chi connectivity index (χ1) is 13.6. The second-order valence-electron chi connectivity index (χ2n) is 5.91. The number of H-pyrrole nitrogens is 1. The summed E-state index contributed by atoms with van der Waals surface area (Å²) in [5.74, 6) is 0.530. The molecule has 1 aromatic heterocycles. The molecule has 1 heterocycles. The summed E-state index contributed by atoms with van der Waals surface area (Å²) in [6.07, 6.45) is 0. The highest BCUT2D eigenvalue weighted by atomic mass is 16.5. The Labute approximate surface area is 162 Å². The fraction of sp³-hybridized carbons (Fsp3) is 0.286. The van der Waals surface area contributed by atoms with Crippen LogP contribution in [-0.2, 0) is 9.47 Å². The van der Waals surface area contributed by atoms with Crippen LogP contribution in [0.5, 0.6) is 5.75 Å². The van der Waals surface area contributed by atoms with Crippen molar-refractivity contribution in [2.75, 3.05) is 26.4 Å². The molecular weight excluding hydrogens is 360 g/mol. The third-order valence-electron chi connectivity index (χ3n) is 4.05. The standard InChI is InChI=1S/C21H22N2O5/c1-3-26-11-12-28-18-8-6-5-7-15(18)19-22-17-10-9-14(21(25)27-4-2)13-16(17)20(24)23-19/h5-10,13H,3-4,11-12H2,1-2H3,(H,22,23,24). The summed E-state index contributed by atoms with van der Waals surface area (Å²) in [7, 11) is 0. The number of fused-ring (bicyclic) bond motifs is 1. The lowest BCUT2D eigenvalue weighted by Gasteiger charge is -2.11. The molecule has 3 rings (SSSR count). The Hall–Kier alpha value is -3.19. The van der Waals surface area contributed by atoms with Gasteiger partial charge in [-0.2, -0.15) is 0 Å². The average molecular weight is 382 g/mol. The topological polar surface area (TPSA) is 90.5 Å². The molecule has 0 amide bonds. The summed E-state index contributed by atoms with van der Waals surface area (Å²) in [5, 5.41) is 0.323. The smallest absolute Gasteiger partial charge is 0.338 e. The molecule has 0 fully saturated rings. The van der Waals surface area contributed by atoms with Gasteiger partial charge < -0.3 is 19.2 Å². The normalized spacial score (nSPS) is 10.8. The maximum atomic E-state index is 12.6. The molecule has 0 saturated heterocycles. The van der Waals surface area contributed by atoms with Crippen molar-refractivity contribution in [1.29, 1.82) is 0 Å². The molecule has 0 spiro atoms. The molecule has 0 aliphatic heterocycles. The van der Waals surface area contributed by atoms with E-state index in [0.29, 0.717) is 53.4 Å². The number of carbonyl (C=O) groups is 1. The van der Waals surface area contributed by atoms with E-state index in [9.17, 15) is 9.59 Å². The molecule has 0 aliphatic rings. The Morgan fingerprint density at radius 3 is 2.68 bits per heavy atom. The lowest BCUT2D eigenvalue weighted by atomic mass is 10.1. The quantitative estimate of drug-likeness (QED) is 0.475. The maximum Gasteiger partial charge on any atom is 0.338 e. The van der Waals surface area contributed by atoms with E-state index in [0.717, 1.165) is 0 Å². The van der Waals surface area contributed by atoms with Crippen LogP contribution in [0.4, 0.5) is 0 Å². The van der Waals surface area contributed by atoms with Crippen LogP contribution in [0.15, 0.2) is 47.3 Å². The summed E-state index contributed by atoms with van der Waals surface area (Å²) in [6, 6.07) is 12.1. The summed E-state index contributed by atoms with van der Waals surface area (Å²) in [5.41, 5.74) is 1.13. The van der Waals surface area contributed by atoms with Crippen molar-refractivity contribution in [2.45, 2.75) is 13.8 Å². The summed E-state index contributed by atoms with van der Waals surface area (Å²) in [6.45, 7) is 5.41. The molecule has 2 aromatic carbocycles. The average Bonchev–Trinajstić information content (AvgIpc) is 2.71. The molecule has 0 atom stereocenters. The zero-order chi connectivity index (χ0) is 19.9. The molecule has 1 N–H and O–H groups in total. The predicted molar refractivity (Wildman–Crippen MR) is 106 cm³/mol. The summed E-state index contributed by atoms with van der Waals surface area (Å²) >= 11 is 0. The van der Waals surface area contributed by atoms with Gasteiger partial charge >= 0.3 is 5.97 Å². The minimum atomic E-state index is -0.471. The molecule has 3 aromatic rings. The van der Waals surface area contributed by atoms with Crippen molar-refractivity contribution < 1.29 is 19.0 Å². The summed E-state index contributed by atoms with van der Waals surface area (Å²) in [4.78, 5) is 31.8. The number of rotatable bonds is 8. The predicted octanol–water partition coefficient (Wildman–Crippen LogP) is 3.18. The van der Waals surface area contributed by atoms with Gasteiger partial charge in [-0.15, -0.1) is 0 Å². The van der Waals surface area contributed by atoms with Crippen LogP contribution < -0.4 is 10.3 Å². The van der Waals surface area contributed by atoms with Gasteiger partial charge in [-0.3, -0.25) is 4.79 Å². The number of ether oxygens (including phenoxy) is 3. The van der Waals surface area contributed by atoms with Crippen molar-refractivity contribution >= 4 is 16.9 Å². The van der Waals surface area contributed by atoms with Gasteiger partial charge in [0.15, 0.2) is 0 Å². The van der Waals surface area contributed by atoms with Crippen LogP contribution in [0.25, 0.3) is 22.3 Å². The number of nitrogens with one attached hydrogen (secondary N) is 1. The van der Waals surface area contributed by atoms with Crippen molar-refractivity contribution in [3.8, 4) is 17.1 Å². The maximum absolute atomic E-state index is 12.6. The van der Waals surface area contributed by atoms with E-state index in [2.05, 4.69) is 9.97 Å². The molecule has 7 nitrogen and oxygen atoms in total. The molecule has 0 bridgehead atoms. The first kappa shape index (κ1) is 19.6. The number of hydrogen-bond acceptors (Lipinski definition) is 6. The Balaban J connectivity index is 1.96. The number of para-hydroxylation sites is 1. The molecule has 0 radical (unpaired) electrons. The van der Waals surface area contributed by atoms with Crippen molar-refractivity contribution in [3.63, 3.8) is 0 Å². The highest BCUT2D eigenvalue weighted by Crippen LogP contribution is 2.27. The van der Waals surface area contributed by atoms with Crippen LogP contribution in [0, 0.1) is 0 Å². The highest BCUT2D eigenvalue weighted by Gasteiger charge is 2.13. The molecule has 28 heavy (non-hydrogen) atoms. The highest BCUT2D eigenvalue weighted by molar-refractivity contribution is 5.94. The lowest BCUT2D eigenvalue weighted by Crippen LogP contribution is -2.12. The Morgan fingerprint density at radius 2 is 1.89 bits per heavy atom. The van der Waals surface area contributed by atoms with E-state index < -0.39 is 5.97 Å². The SMILES string of the molecule is CCOCCOc1ccccc1-c1nc2ccc(C(=O)OCC)cc2c(=O)[nH]1. The zero-order valence-electron chi connectivity index (χ0n) is 15.9. The first-order valence-corrected chi connectivity index (χ1v) is 9.15. The van der Waals surface area contributed by atoms with Crippen LogP contribution in [0.2, 0.25) is 0 Å². The number of nitrogens with zero attached hydrogens (tertiary/aromatic N) is 1. The Bertz CT molecular complexity index is 1030. The molecule has 146 valence electrons. The minimum absolute atomic E-state index is 0.268. The van der Waals surface area contributed by atoms with Gasteiger partial charge in [-0.25, -0.2) is 9.78 Å². The molecule has 0 aliphatic carbocycles. The van der Waals surface area contributed by atoms with Crippen LogP contribution in [0.1, 0.15) is 24.2 Å². The van der Waals surface area contributed by atoms with Gasteiger partial charge in [0.2, 0.25) is 0 Å². The van der Waals surface area contributed by atoms with E-state index in [1.165, 1.54) is 6.07 Å². The number of aromatic amines is 1. The van der Waals surface area contributed by atoms with Gasteiger partial charge in [-0.05, 0) is 44.2 Å². The van der Waals surface area contributed by atoms with Crippen LogP contribution in [0.3, 0.4) is 0 Å². The minimum Gasteiger partial charge on any atom is -0.490 e. The van der Waals surface area contributed by atoms with Crippen LogP contribution >= 0.6 is 0 Å². The first-order valence-electron chi connectivity index (χ1n) is 9.15. The molecule has 7 heteroatoms. The van der Waals surface area contributed by atoms with Gasteiger partial charge in [0.05, 0.1) is 35.2 Å². The van der Waals surface area contributed by atoms with Gasteiger partial charge in [0, 0.05) is 6.61 Å². The monoisotopic (exact) mass is 382 g/mol. The number of aromatic nitrogens is 2. The van der Waals surface area contributed by atoms with E-state index >= 15 is 0 Å². The van der Waals surface area contributed by atoms with E-state index in [1.807, 2.05) is 31.2 Å². The van der Waals surface area contributed by atoms with E-state index in [4.69, 9.17) is 14.2 Å². The van der Waals surface area contributed by atoms with Gasteiger partial charge in [0.25, 0.3) is 5.56 Å². The van der Waals surface area contributed by atoms with E-state index in [1.54, 1.807) is 19.1 Å². The Kier molecular flexibility index (Phi) is 6.39. The lowest BCUT2D eigenvalue weighted by molar-refractivity contribution is 0.0526. The molecule has 0 unspecified atom stereocenters. The van der Waals surface area contributed by atoms with Gasteiger partial charge in [0.1, 0.15) is 18.2 Å². The summed E-state index contributed by atoms with van der Waals surface area (Å²) < 4.78 is 16.0. The number of esters is 1. The Morgan fingerprint density at radius 1 is 1.07 bits per heavy atom. The fourth-order valence-electron chi connectivity index (χ4n) is 2.75. The van der Waals surface area contributed by atoms with Crippen LogP contribution in [-0.4, -0.2) is 42.4 Å². The third kappa shape index (κ3) is 4.37. The molecular formula is C21H22N2O5. The number of hydrogen-bond donors (Lipinski definition) is 1. The number of carbonyl (C=O) groups excluding carboxylic acids is 1. The third-order valence-corrected chi connectivity index (χ3v) is 4.05. The van der Waals surface area contributed by atoms with Crippen molar-refractivity contribution in [3.05, 3.63) is 58.4 Å². The second kappa shape index (κ2) is 9.14. The van der Waals surface area contributed by atoms with E-state index in [-0.39, 0.29) is 12.2 Å². The second-order valence-corrected chi connectivity index (χ2v) is 5.91. The van der Waals surface area contributed by atoms with Crippen molar-refractivity contribution in [2.24, 2.45) is 0 Å². The van der Waals surface area contributed by atoms with Gasteiger partial charge in [-0.1, -0.05) is 12.1 Å². The molecule has 0 saturated carbocycles. The fourth-order valence-corrected chi connectivity index (χ4v) is 2.75. The zero-order valence-corrected chi connectivity index (χ0v) is 15.9. The largest absolute Gasteiger partial charge is 0.490 e. The number of benzene rings is 2.